The van der Waals surface area contributed by atoms with Crippen molar-refractivity contribution in [2.24, 2.45) is 33.8 Å². The fourth-order valence-corrected chi connectivity index (χ4v) is 6.94. The van der Waals surface area contributed by atoms with Gasteiger partial charge >= 0.3 is 51.4 Å². The van der Waals surface area contributed by atoms with Gasteiger partial charge in [-0.1, -0.05) is 87.0 Å². The fraction of sp³-hybridized carbons (Fsp3) is 0.394. The average Bonchev–Trinajstić information content (AvgIpc) is 3.73. The minimum atomic E-state index is 0. The minimum absolute atomic E-state index is 0. The van der Waals surface area contributed by atoms with Gasteiger partial charge in [0.1, 0.15) is 0 Å². The maximum Gasteiger partial charge on any atom is 1.00 e. The van der Waals surface area contributed by atoms with Crippen LogP contribution < -0.4 is 57.1 Å². The van der Waals surface area contributed by atoms with Crippen molar-refractivity contribution < 1.29 is 51.4 Å². The first-order valence-corrected chi connectivity index (χ1v) is 12.6. The molecule has 0 amide bonds. The van der Waals surface area contributed by atoms with Crippen molar-refractivity contribution in [1.29, 1.82) is 0 Å². The summed E-state index contributed by atoms with van der Waals surface area (Å²) in [6, 6.07) is 17.4. The monoisotopic (exact) mass is 492 g/mol. The zero-order chi connectivity index (χ0) is 25.1. The summed E-state index contributed by atoms with van der Waals surface area (Å²) in [5, 5.41) is 0. The summed E-state index contributed by atoms with van der Waals surface area (Å²) < 4.78 is 0. The van der Waals surface area contributed by atoms with E-state index >= 15 is 0 Å². The molecule has 35 heavy (non-hydrogen) atoms. The molecule has 3 aliphatic rings. The standard InChI is InChI=1S/C17H18.C14H21N.C2H4.K/c1-3-14-5-9-16(10-6-14)13-17-11-7-15(4-2)8-12-17;1-5-13(6-2)11-7-12(4,9(3)15)10-8-14(10,11)13;1-2;/h3,5-12H,1,4,13H2,2H3;10-11H,1-3,5-8,15H2,4H3;1-2H2;/q;-2;;+1. The van der Waals surface area contributed by atoms with Crippen molar-refractivity contribution in [2.75, 3.05) is 0 Å². The number of benzene rings is 2. The van der Waals surface area contributed by atoms with E-state index in [1.54, 1.807) is 0 Å². The number of hydrogen-bond donors (Lipinski definition) is 1. The van der Waals surface area contributed by atoms with E-state index in [2.05, 4.69) is 103 Å². The summed E-state index contributed by atoms with van der Waals surface area (Å²) in [6.45, 7) is 26.5. The van der Waals surface area contributed by atoms with Gasteiger partial charge in [-0.25, -0.2) is 0 Å². The van der Waals surface area contributed by atoms with Gasteiger partial charge in [0.2, 0.25) is 0 Å². The second kappa shape index (κ2) is 12.1. The normalized spacial score (nSPS) is 27.9. The van der Waals surface area contributed by atoms with Crippen molar-refractivity contribution in [3.05, 3.63) is 117 Å². The SMILES string of the molecule is C=C.C=C(N)C1(C)CC2C(C[CH2-])(C[CH2-])C23CC13.C=Cc1ccc(Cc2ccc(CC)cc2)cc1.[K+]. The fourth-order valence-electron chi connectivity index (χ4n) is 6.94. The Morgan fingerprint density at radius 3 is 1.80 bits per heavy atom. The molecule has 5 rings (SSSR count). The minimum Gasteiger partial charge on any atom is -0.402 e. The van der Waals surface area contributed by atoms with Gasteiger partial charge in [0.05, 0.1) is 0 Å². The van der Waals surface area contributed by atoms with Crippen LogP contribution in [0, 0.1) is 41.9 Å². The molecule has 0 saturated heterocycles. The number of allylic oxidation sites excluding steroid dienone is 1. The Kier molecular flexibility index (Phi) is 10.5. The van der Waals surface area contributed by atoms with E-state index in [0.717, 1.165) is 43.2 Å². The predicted molar refractivity (Wildman–Crippen MR) is 149 cm³/mol. The van der Waals surface area contributed by atoms with Crippen molar-refractivity contribution >= 4 is 6.08 Å². The van der Waals surface area contributed by atoms with Gasteiger partial charge in [-0.3, -0.25) is 0 Å². The molecule has 0 aromatic heterocycles. The van der Waals surface area contributed by atoms with Crippen LogP contribution in [-0.2, 0) is 12.8 Å². The van der Waals surface area contributed by atoms with E-state index in [4.69, 9.17) is 5.73 Å². The molecule has 4 atom stereocenters. The molecule has 0 bridgehead atoms. The summed E-state index contributed by atoms with van der Waals surface area (Å²) in [7, 11) is 0. The first kappa shape index (κ1) is 30.3. The molecule has 1 nitrogen and oxygen atoms in total. The Morgan fingerprint density at radius 1 is 0.943 bits per heavy atom. The summed E-state index contributed by atoms with van der Waals surface area (Å²) in [4.78, 5) is 0. The summed E-state index contributed by atoms with van der Waals surface area (Å²) in [5.74, 6) is 1.63. The van der Waals surface area contributed by atoms with Crippen LogP contribution in [0.2, 0.25) is 0 Å². The number of nitrogens with two attached hydrogens (primary N) is 1. The number of hydrogen-bond acceptors (Lipinski definition) is 1. The molecular formula is C33H43KN-. The van der Waals surface area contributed by atoms with Gasteiger partial charge in [-0.15, -0.1) is 13.2 Å². The molecule has 4 unspecified atom stereocenters. The van der Waals surface area contributed by atoms with Gasteiger partial charge < -0.3 is 19.6 Å². The number of rotatable bonds is 7. The smallest absolute Gasteiger partial charge is 0.402 e. The maximum absolute atomic E-state index is 5.97. The molecule has 2 N–H and O–H groups in total. The third-order valence-electron chi connectivity index (χ3n) is 9.21. The first-order chi connectivity index (χ1) is 16.3. The van der Waals surface area contributed by atoms with Gasteiger partial charge in [0.15, 0.2) is 0 Å². The van der Waals surface area contributed by atoms with Crippen molar-refractivity contribution in [3.63, 3.8) is 0 Å². The topological polar surface area (TPSA) is 26.0 Å². The molecule has 2 heteroatoms. The Morgan fingerprint density at radius 2 is 1.43 bits per heavy atom. The van der Waals surface area contributed by atoms with Gasteiger partial charge in [0, 0.05) is 11.1 Å². The van der Waals surface area contributed by atoms with Gasteiger partial charge in [0.25, 0.3) is 0 Å². The van der Waals surface area contributed by atoms with Crippen LogP contribution in [0.5, 0.6) is 0 Å². The van der Waals surface area contributed by atoms with Crippen molar-refractivity contribution in [2.45, 2.75) is 52.4 Å². The Bertz CT molecular complexity index is 1000. The second-order valence-corrected chi connectivity index (χ2v) is 10.4. The quantitative estimate of drug-likeness (QED) is 0.320. The van der Waals surface area contributed by atoms with Crippen LogP contribution in [-0.4, -0.2) is 0 Å². The molecule has 2 aromatic carbocycles. The molecule has 2 aromatic rings. The van der Waals surface area contributed by atoms with Crippen molar-refractivity contribution in [3.8, 4) is 0 Å². The Balaban J connectivity index is 0.000000226. The van der Waals surface area contributed by atoms with Crippen molar-refractivity contribution in [1.82, 2.24) is 0 Å². The molecule has 182 valence electrons. The summed E-state index contributed by atoms with van der Waals surface area (Å²) >= 11 is 0. The third-order valence-corrected chi connectivity index (χ3v) is 9.21. The molecule has 0 radical (unpaired) electrons. The predicted octanol–water partition coefficient (Wildman–Crippen LogP) is 5.23. The molecule has 3 saturated carbocycles. The first-order valence-electron chi connectivity index (χ1n) is 12.6. The molecule has 1 spiro atoms. The molecule has 3 aliphatic carbocycles. The number of aryl methyl sites for hydroxylation is 1. The van der Waals surface area contributed by atoms with E-state index in [0.29, 0.717) is 10.8 Å². The Labute approximate surface area is 257 Å². The van der Waals surface area contributed by atoms with E-state index in [9.17, 15) is 0 Å². The van der Waals surface area contributed by atoms with E-state index in [1.165, 1.54) is 35.1 Å². The average molecular weight is 493 g/mol. The molecular weight excluding hydrogens is 449 g/mol. The zero-order valence-electron chi connectivity index (χ0n) is 22.4. The molecule has 3 fully saturated rings. The van der Waals surface area contributed by atoms with Crippen LogP contribution in [0.4, 0.5) is 0 Å². The molecule has 0 aliphatic heterocycles. The van der Waals surface area contributed by atoms with Crippen LogP contribution >= 0.6 is 0 Å². The van der Waals surface area contributed by atoms with E-state index in [-0.39, 0.29) is 56.8 Å². The van der Waals surface area contributed by atoms with E-state index < -0.39 is 0 Å². The largest absolute Gasteiger partial charge is 1.00 e. The van der Waals surface area contributed by atoms with Crippen LogP contribution in [0.15, 0.2) is 80.5 Å². The maximum atomic E-state index is 5.97. The van der Waals surface area contributed by atoms with E-state index in [1.807, 2.05) is 6.08 Å². The zero-order valence-corrected chi connectivity index (χ0v) is 25.5. The van der Waals surface area contributed by atoms with Gasteiger partial charge in [-0.2, -0.15) is 12.8 Å². The summed E-state index contributed by atoms with van der Waals surface area (Å²) in [5.41, 5.74) is 13.5. The van der Waals surface area contributed by atoms with Crippen LogP contribution in [0.25, 0.3) is 6.08 Å². The molecule has 0 heterocycles. The van der Waals surface area contributed by atoms with Crippen LogP contribution in [0.3, 0.4) is 0 Å². The second-order valence-electron chi connectivity index (χ2n) is 10.4. The van der Waals surface area contributed by atoms with Crippen LogP contribution in [0.1, 0.15) is 61.8 Å². The Hall–Kier alpha value is -0.904. The summed E-state index contributed by atoms with van der Waals surface area (Å²) in [6.07, 6.45) is 8.69. The van der Waals surface area contributed by atoms with Gasteiger partial charge in [-0.05, 0) is 65.2 Å². The third kappa shape index (κ3) is 5.25.